The monoisotopic (exact) mass is 323 g/mol. The molecule has 4 N–H and O–H groups in total. The van der Waals surface area contributed by atoms with Crippen molar-refractivity contribution in [3.8, 4) is 0 Å². The van der Waals surface area contributed by atoms with Gasteiger partial charge in [-0.15, -0.1) is 10.2 Å². The molecular weight excluding hydrogens is 310 g/mol. The highest BCUT2D eigenvalue weighted by molar-refractivity contribution is 8.01. The summed E-state index contributed by atoms with van der Waals surface area (Å²) >= 11 is 2.39. The van der Waals surface area contributed by atoms with Crippen LogP contribution in [0.5, 0.6) is 0 Å². The van der Waals surface area contributed by atoms with E-state index in [0.29, 0.717) is 9.47 Å². The number of nitrogen functional groups attached to an aromatic ring is 1. The van der Waals surface area contributed by atoms with E-state index in [4.69, 9.17) is 5.73 Å². The van der Waals surface area contributed by atoms with Gasteiger partial charge in [0, 0.05) is 7.05 Å². The van der Waals surface area contributed by atoms with Gasteiger partial charge in [0.15, 0.2) is 4.34 Å². The molecule has 1 aromatic carbocycles. The number of carbonyl (C=O) groups excluding carboxylic acids is 2. The number of carbonyl (C=O) groups is 2. The van der Waals surface area contributed by atoms with Gasteiger partial charge < -0.3 is 11.1 Å². The average Bonchev–Trinajstić information content (AvgIpc) is 2.90. The summed E-state index contributed by atoms with van der Waals surface area (Å²) in [4.78, 5) is 23.6. The Hall–Kier alpha value is -2.13. The first kappa shape index (κ1) is 15.3. The minimum atomic E-state index is -0.615. The highest BCUT2D eigenvalue weighted by Gasteiger charge is 2.25. The third-order valence-corrected chi connectivity index (χ3v) is 4.54. The molecule has 0 bridgehead atoms. The van der Waals surface area contributed by atoms with Crippen LogP contribution in [0, 0.1) is 0 Å². The number of anilines is 1. The molecule has 0 spiro atoms. The summed E-state index contributed by atoms with van der Waals surface area (Å²) in [5.41, 5.74) is 6.30. The zero-order valence-electron chi connectivity index (χ0n) is 11.1. The van der Waals surface area contributed by atoms with Crippen LogP contribution in [0.2, 0.25) is 0 Å². The minimum absolute atomic E-state index is 0.330. The molecule has 0 saturated heterocycles. The summed E-state index contributed by atoms with van der Waals surface area (Å²) in [5.74, 6) is -0.431. The van der Waals surface area contributed by atoms with E-state index in [2.05, 4.69) is 20.8 Å². The maximum absolute atomic E-state index is 12.3. The molecule has 110 valence electrons. The average molecular weight is 323 g/mol. The molecule has 0 aliphatic carbocycles. The van der Waals surface area contributed by atoms with E-state index >= 15 is 0 Å². The number of thioether (sulfide) groups is 1. The molecule has 0 radical (unpaired) electrons. The first-order valence-electron chi connectivity index (χ1n) is 5.93. The van der Waals surface area contributed by atoms with Crippen LogP contribution in [0.25, 0.3) is 0 Å². The second kappa shape index (κ2) is 7.04. The van der Waals surface area contributed by atoms with Gasteiger partial charge in [-0.3, -0.25) is 10.1 Å². The minimum Gasteiger partial charge on any atom is -0.374 e. The quantitative estimate of drug-likeness (QED) is 0.734. The number of rotatable bonds is 4. The summed E-state index contributed by atoms with van der Waals surface area (Å²) in [6.45, 7) is 0. The second-order valence-corrected chi connectivity index (χ2v) is 6.24. The van der Waals surface area contributed by atoms with Crippen molar-refractivity contribution in [2.24, 2.45) is 0 Å². The van der Waals surface area contributed by atoms with E-state index in [1.54, 1.807) is 0 Å². The Kier molecular flexibility index (Phi) is 5.12. The van der Waals surface area contributed by atoms with Crippen LogP contribution in [-0.4, -0.2) is 29.2 Å². The molecule has 1 heterocycles. The lowest BCUT2D eigenvalue weighted by Gasteiger charge is -2.14. The van der Waals surface area contributed by atoms with E-state index < -0.39 is 17.2 Å². The van der Waals surface area contributed by atoms with Gasteiger partial charge in [-0.2, -0.15) is 0 Å². The number of hydrogen-bond donors (Lipinski definition) is 3. The highest BCUT2D eigenvalue weighted by atomic mass is 32.2. The number of benzene rings is 1. The molecule has 0 aliphatic rings. The number of aromatic nitrogens is 2. The van der Waals surface area contributed by atoms with Crippen molar-refractivity contribution in [3.63, 3.8) is 0 Å². The maximum Gasteiger partial charge on any atom is 0.321 e. The van der Waals surface area contributed by atoms with Gasteiger partial charge >= 0.3 is 6.03 Å². The van der Waals surface area contributed by atoms with E-state index in [1.807, 2.05) is 30.3 Å². The zero-order valence-corrected chi connectivity index (χ0v) is 12.7. The highest BCUT2D eigenvalue weighted by Crippen LogP contribution is 2.37. The van der Waals surface area contributed by atoms with Crippen molar-refractivity contribution in [1.29, 1.82) is 0 Å². The van der Waals surface area contributed by atoms with E-state index in [0.717, 1.165) is 5.56 Å². The smallest absolute Gasteiger partial charge is 0.321 e. The molecule has 21 heavy (non-hydrogen) atoms. The van der Waals surface area contributed by atoms with Gasteiger partial charge in [-0.05, 0) is 5.56 Å². The van der Waals surface area contributed by atoms with Crippen molar-refractivity contribution in [3.05, 3.63) is 35.9 Å². The number of nitrogens with two attached hydrogens (primary N) is 1. The fraction of sp³-hybridized carbons (Fsp3) is 0.167. The molecule has 2 aromatic rings. The Morgan fingerprint density at radius 2 is 2.00 bits per heavy atom. The molecule has 7 nitrogen and oxygen atoms in total. The van der Waals surface area contributed by atoms with Gasteiger partial charge in [-0.1, -0.05) is 53.4 Å². The van der Waals surface area contributed by atoms with Crippen LogP contribution in [-0.2, 0) is 4.79 Å². The molecule has 0 fully saturated rings. The van der Waals surface area contributed by atoms with Gasteiger partial charge in [0.1, 0.15) is 5.25 Å². The van der Waals surface area contributed by atoms with Crippen LogP contribution >= 0.6 is 23.1 Å². The fourth-order valence-corrected chi connectivity index (χ4v) is 3.34. The molecule has 1 unspecified atom stereocenters. The standard InChI is InChI=1S/C12H13N5O2S2/c1-14-11(19)15-9(18)8(7-5-3-2-4-6-7)20-12-17-16-10(13)21-12/h2-6,8H,1H3,(H2,13,16)(H2,14,15,18,19). The van der Waals surface area contributed by atoms with E-state index in [9.17, 15) is 9.59 Å². The molecule has 9 heteroatoms. The van der Waals surface area contributed by atoms with E-state index in [-0.39, 0.29) is 0 Å². The van der Waals surface area contributed by atoms with Gasteiger partial charge in [0.2, 0.25) is 11.0 Å². The second-order valence-electron chi connectivity index (χ2n) is 3.88. The summed E-state index contributed by atoms with van der Waals surface area (Å²) in [6, 6.07) is 8.56. The molecule has 0 saturated carbocycles. The van der Waals surface area contributed by atoms with Crippen molar-refractivity contribution < 1.29 is 9.59 Å². The number of hydrogen-bond acceptors (Lipinski definition) is 7. The predicted octanol–water partition coefficient (Wildman–Crippen LogP) is 1.41. The Bertz CT molecular complexity index is 632. The van der Waals surface area contributed by atoms with Crippen molar-refractivity contribution in [2.45, 2.75) is 9.59 Å². The largest absolute Gasteiger partial charge is 0.374 e. The van der Waals surface area contributed by atoms with E-state index in [1.165, 1.54) is 30.1 Å². The molecule has 1 aromatic heterocycles. The van der Waals surface area contributed by atoms with Crippen LogP contribution in [0.15, 0.2) is 34.7 Å². The first-order valence-corrected chi connectivity index (χ1v) is 7.63. The lowest BCUT2D eigenvalue weighted by Crippen LogP contribution is -2.39. The Balaban J connectivity index is 2.22. The van der Waals surface area contributed by atoms with Crippen LogP contribution in [0.1, 0.15) is 10.8 Å². The molecule has 1 atom stereocenters. The fourth-order valence-electron chi connectivity index (χ4n) is 1.51. The van der Waals surface area contributed by atoms with Crippen LogP contribution < -0.4 is 16.4 Å². The number of nitrogens with one attached hydrogen (secondary N) is 2. The third kappa shape index (κ3) is 4.17. The van der Waals surface area contributed by atoms with Crippen LogP contribution in [0.4, 0.5) is 9.93 Å². The topological polar surface area (TPSA) is 110 Å². The Morgan fingerprint density at radius 1 is 1.29 bits per heavy atom. The Morgan fingerprint density at radius 3 is 2.57 bits per heavy atom. The molecule has 3 amide bonds. The predicted molar refractivity (Wildman–Crippen MR) is 82.0 cm³/mol. The summed E-state index contributed by atoms with van der Waals surface area (Å²) in [7, 11) is 1.44. The SMILES string of the molecule is CNC(=O)NC(=O)C(Sc1nnc(N)s1)c1ccccc1. The first-order chi connectivity index (χ1) is 10.1. The normalized spacial score (nSPS) is 11.7. The van der Waals surface area contributed by atoms with Crippen molar-refractivity contribution >= 4 is 40.2 Å². The number of urea groups is 1. The summed E-state index contributed by atoms with van der Waals surface area (Å²) in [5, 5.41) is 11.9. The lowest BCUT2D eigenvalue weighted by atomic mass is 10.1. The maximum atomic E-state index is 12.3. The lowest BCUT2D eigenvalue weighted by molar-refractivity contribution is -0.119. The van der Waals surface area contributed by atoms with Gasteiger partial charge in [0.05, 0.1) is 0 Å². The summed E-state index contributed by atoms with van der Waals surface area (Å²) in [6.07, 6.45) is 0. The molecule has 0 aliphatic heterocycles. The Labute approximate surface area is 129 Å². The van der Waals surface area contributed by atoms with Gasteiger partial charge in [0.25, 0.3) is 0 Å². The number of amides is 3. The molecular formula is C12H13N5O2S2. The summed E-state index contributed by atoms with van der Waals surface area (Å²) < 4.78 is 0.563. The van der Waals surface area contributed by atoms with Gasteiger partial charge in [-0.25, -0.2) is 4.79 Å². The number of imide groups is 1. The molecule has 2 rings (SSSR count). The van der Waals surface area contributed by atoms with Crippen LogP contribution in [0.3, 0.4) is 0 Å². The van der Waals surface area contributed by atoms with Crippen molar-refractivity contribution in [1.82, 2.24) is 20.8 Å². The van der Waals surface area contributed by atoms with Crippen molar-refractivity contribution in [2.75, 3.05) is 12.8 Å². The number of nitrogens with zero attached hydrogens (tertiary/aromatic N) is 2. The zero-order chi connectivity index (χ0) is 15.2. The third-order valence-electron chi connectivity index (χ3n) is 2.45.